The van der Waals surface area contributed by atoms with E-state index in [0.717, 1.165) is 38.5 Å². The molecule has 0 heterocycles. The molecule has 6 saturated carbocycles. The maximum absolute atomic E-state index is 11.4. The molecule has 24 unspecified atom stereocenters. The molecular formula is C72H72O24. The Morgan fingerprint density at radius 1 is 0.323 bits per heavy atom. The molecular weight excluding hydrogens is 1250 g/mol. The van der Waals surface area contributed by atoms with Gasteiger partial charge in [-0.15, -0.1) is 0 Å². The van der Waals surface area contributed by atoms with Crippen molar-refractivity contribution in [1.29, 1.82) is 0 Å². The number of hydrogen-bond acceptors (Lipinski definition) is 15. The average molecular weight is 1320 g/mol. The summed E-state index contributed by atoms with van der Waals surface area (Å²) in [4.78, 5) is 147. The van der Waals surface area contributed by atoms with Crippen molar-refractivity contribution < 1.29 is 118 Å². The predicted octanol–water partition coefficient (Wildman–Crippen LogP) is 7.65. The number of carboxylic acids is 9. The van der Waals surface area contributed by atoms with Gasteiger partial charge in [-0.25, -0.2) is 38.4 Å². The van der Waals surface area contributed by atoms with E-state index in [4.69, 9.17) is 69.6 Å². The van der Waals surface area contributed by atoms with Gasteiger partial charge in [0.15, 0.2) is 0 Å². The van der Waals surface area contributed by atoms with Crippen molar-refractivity contribution >= 4 is 72.2 Å². The minimum Gasteiger partial charge on any atom is -0.481 e. The first-order valence-electron chi connectivity index (χ1n) is 32.2. The molecule has 0 spiro atoms. The minimum absolute atomic E-state index is 0.0457. The lowest BCUT2D eigenvalue weighted by Gasteiger charge is -2.32. The maximum Gasteiger partial charge on any atom is 0.373 e. The third-order valence-electron chi connectivity index (χ3n) is 24.3. The molecule has 0 aromatic carbocycles. The molecule has 6 fully saturated rings. The molecule has 0 aromatic heterocycles. The number of hydrogen-bond donors (Lipinski definition) is 9. The number of carbonyl (C=O) groups excluding carboxylic acids is 6. The fourth-order valence-electron chi connectivity index (χ4n) is 20.6. The van der Waals surface area contributed by atoms with Crippen LogP contribution in [0.3, 0.4) is 0 Å². The van der Waals surface area contributed by atoms with Gasteiger partial charge in [0.2, 0.25) is 0 Å². The van der Waals surface area contributed by atoms with Crippen molar-refractivity contribution in [2.24, 2.45) is 142 Å². The second-order valence-corrected chi connectivity index (χ2v) is 28.0. The van der Waals surface area contributed by atoms with E-state index in [1.807, 2.05) is 42.5 Å². The van der Waals surface area contributed by atoms with Gasteiger partial charge in [-0.3, -0.25) is 4.79 Å². The van der Waals surface area contributed by atoms with Gasteiger partial charge in [-0.05, 0) is 213 Å². The van der Waals surface area contributed by atoms with Crippen LogP contribution >= 0.6 is 0 Å². The first-order valence-corrected chi connectivity index (χ1v) is 32.2. The molecule has 24 heteroatoms. The van der Waals surface area contributed by atoms with Crippen molar-refractivity contribution in [1.82, 2.24) is 0 Å². The summed E-state index contributed by atoms with van der Waals surface area (Å²) in [5, 5.41) is 81.1. The lowest BCUT2D eigenvalue weighted by atomic mass is 9.69. The Morgan fingerprint density at radius 2 is 0.688 bits per heavy atom. The standard InChI is InChI=1S/3C12H12O4.3C11H12O2.3CO2/c2*13-11(14)6-3-7-5-1-9(8(7)4-6)10(2-5)12(15)16;13-10(14)8-5-6-4-7(8)9-2-1-3-12(6,9)11(15)16;2*12-11(13)8-4-9-6-1-2-7(3-6)10(9)5-8;12-11(13)10-5-6-4-9(10)8-3-1-2-7(6)8;3*2-1-3/h2,4-5,7-9H,1,3H2,(H,13,14)(H,15,16);2-3,5,7-9H,1,4H2,(H,13,14)(H,15,16);1,3,5-7,9H,2,4H2,(H,13,14)(H,15,16);2*1-2,4,6-7,9-10H,3,5H2,(H,12,13);1-2,5-9H,3-4H2,(H,12,13);;;. The molecule has 0 amide bonds. The van der Waals surface area contributed by atoms with Gasteiger partial charge in [0.25, 0.3) is 0 Å². The van der Waals surface area contributed by atoms with Crippen LogP contribution in [0.2, 0.25) is 0 Å². The monoisotopic (exact) mass is 1320 g/mol. The molecule has 0 radical (unpaired) electrons. The smallest absolute Gasteiger partial charge is 0.373 e. The van der Waals surface area contributed by atoms with Crippen molar-refractivity contribution in [3.8, 4) is 0 Å². The van der Waals surface area contributed by atoms with E-state index >= 15 is 0 Å². The molecule has 0 aliphatic heterocycles. The summed E-state index contributed by atoms with van der Waals surface area (Å²) in [7, 11) is 0. The molecule has 0 aromatic rings. The fraction of sp³-hybridized carbons (Fsp3) is 0.500. The molecule has 12 bridgehead atoms. The number of carbonyl (C=O) groups is 9. The highest BCUT2D eigenvalue weighted by molar-refractivity contribution is 5.93. The second kappa shape index (κ2) is 27.9. The topological polar surface area (TPSA) is 438 Å². The zero-order valence-corrected chi connectivity index (χ0v) is 51.7. The Kier molecular flexibility index (Phi) is 20.1. The van der Waals surface area contributed by atoms with E-state index in [1.165, 1.54) is 12.8 Å². The highest BCUT2D eigenvalue weighted by Gasteiger charge is 2.64. The molecule has 0 saturated heterocycles. The van der Waals surface area contributed by atoms with Crippen LogP contribution in [0.1, 0.15) is 77.0 Å². The lowest BCUT2D eigenvalue weighted by molar-refractivity contribution is -0.193. The van der Waals surface area contributed by atoms with E-state index in [-0.39, 0.29) is 77.6 Å². The Balaban J connectivity index is 0.000000122. The Labute approximate surface area is 548 Å². The molecule has 24 nitrogen and oxygen atoms in total. The van der Waals surface area contributed by atoms with Crippen LogP contribution < -0.4 is 0 Å². The fourth-order valence-corrected chi connectivity index (χ4v) is 20.6. The first kappa shape index (κ1) is 69.1. The Morgan fingerprint density at radius 3 is 1.12 bits per heavy atom. The molecule has 18 aliphatic rings. The van der Waals surface area contributed by atoms with Crippen LogP contribution in [-0.4, -0.2) is 118 Å². The van der Waals surface area contributed by atoms with E-state index < -0.39 is 59.1 Å². The van der Waals surface area contributed by atoms with Crippen LogP contribution in [0, 0.1) is 142 Å². The molecule has 18 aliphatic carbocycles. The summed E-state index contributed by atoms with van der Waals surface area (Å²) in [6.45, 7) is 0. The number of rotatable bonds is 9. The van der Waals surface area contributed by atoms with Crippen LogP contribution in [0.5, 0.6) is 0 Å². The summed E-state index contributed by atoms with van der Waals surface area (Å²) in [6, 6.07) is 0. The second-order valence-electron chi connectivity index (χ2n) is 28.0. The van der Waals surface area contributed by atoms with Gasteiger partial charge in [0, 0.05) is 44.6 Å². The highest BCUT2D eigenvalue weighted by Crippen LogP contribution is 2.64. The minimum atomic E-state index is -0.890. The van der Waals surface area contributed by atoms with Crippen LogP contribution in [0.25, 0.3) is 0 Å². The van der Waals surface area contributed by atoms with Gasteiger partial charge in [-0.2, -0.15) is 28.8 Å². The van der Waals surface area contributed by atoms with Gasteiger partial charge >= 0.3 is 72.2 Å². The van der Waals surface area contributed by atoms with Gasteiger partial charge in [0.1, 0.15) is 0 Å². The first-order chi connectivity index (χ1) is 45.7. The third kappa shape index (κ3) is 12.6. The quantitative estimate of drug-likeness (QED) is 0.100. The van der Waals surface area contributed by atoms with Gasteiger partial charge in [-0.1, -0.05) is 97.2 Å². The Bertz CT molecular complexity index is 3700. The van der Waals surface area contributed by atoms with E-state index in [1.54, 1.807) is 18.2 Å². The van der Waals surface area contributed by atoms with E-state index in [0.29, 0.717) is 147 Å². The zero-order valence-electron chi connectivity index (χ0n) is 51.7. The number of aliphatic carboxylic acids is 9. The normalized spacial score (nSPS) is 38.9. The molecule has 24 atom stereocenters. The van der Waals surface area contributed by atoms with Crippen molar-refractivity contribution in [3.05, 3.63) is 142 Å². The van der Waals surface area contributed by atoms with Gasteiger partial charge in [0.05, 0.1) is 5.41 Å². The third-order valence-corrected chi connectivity index (χ3v) is 24.3. The molecule has 504 valence electrons. The Hall–Kier alpha value is -9.75. The summed E-state index contributed by atoms with van der Waals surface area (Å²) in [5.41, 5.74) is 3.52. The number of fused-ring (bicyclic) bond motifs is 30. The van der Waals surface area contributed by atoms with Crippen molar-refractivity contribution in [2.45, 2.75) is 77.0 Å². The van der Waals surface area contributed by atoms with Crippen molar-refractivity contribution in [2.75, 3.05) is 0 Å². The van der Waals surface area contributed by atoms with Crippen LogP contribution in [0.4, 0.5) is 0 Å². The number of carboxylic acid groups (broad SMARTS) is 9. The molecule has 9 N–H and O–H groups in total. The molecule has 18 rings (SSSR count). The van der Waals surface area contributed by atoms with Gasteiger partial charge < -0.3 is 46.0 Å². The molecule has 96 heavy (non-hydrogen) atoms. The largest absolute Gasteiger partial charge is 0.481 e. The van der Waals surface area contributed by atoms with Crippen molar-refractivity contribution in [3.63, 3.8) is 0 Å². The van der Waals surface area contributed by atoms with Crippen LogP contribution in [0.15, 0.2) is 142 Å². The summed E-state index contributed by atoms with van der Waals surface area (Å²) in [6.07, 6.45) is 43.6. The SMILES string of the molecule is O=C(O)C1=CC2C3C=C(C(=O)O)C(C3)C2C1.O=C(O)C1=CC2C3C=CC(C3)C2C1.O=C(O)C1=CC2C3C=CC(C3)C2C1.O=C(O)C1=CC2C3CC(C=C3C(=O)O)C2C1.O=C(O)C1=CC2CC1C1CC=CC21.O=C(O)C1=CC2CC1C1CC=CC21C(=O)O.O=C=O.O=C=O.O=C=O. The van der Waals surface area contributed by atoms with E-state index in [2.05, 4.69) is 36.5 Å². The highest BCUT2D eigenvalue weighted by atomic mass is 16.4. The van der Waals surface area contributed by atoms with E-state index in [9.17, 15) is 48.3 Å². The van der Waals surface area contributed by atoms with Crippen LogP contribution in [-0.2, 0) is 71.9 Å². The summed E-state index contributed by atoms with van der Waals surface area (Å²) in [5.74, 6) is 1.21. The average Bonchev–Trinajstić information content (AvgIpc) is 1.56. The zero-order chi connectivity index (χ0) is 69.5. The summed E-state index contributed by atoms with van der Waals surface area (Å²) >= 11 is 0. The summed E-state index contributed by atoms with van der Waals surface area (Å²) < 4.78 is 0. The predicted molar refractivity (Wildman–Crippen MR) is 323 cm³/mol. The lowest BCUT2D eigenvalue weighted by Crippen LogP contribution is -2.39. The maximum atomic E-state index is 11.4. The number of allylic oxidation sites excluding steroid dienone is 15.